The Morgan fingerprint density at radius 1 is 1.20 bits per heavy atom. The molecule has 0 aromatic carbocycles. The number of hydrogen-bond donors (Lipinski definition) is 0. The van der Waals surface area contributed by atoms with Crippen LogP contribution in [-0.4, -0.2) is 29.4 Å². The molecule has 0 N–H and O–H groups in total. The van der Waals surface area contributed by atoms with Crippen molar-refractivity contribution >= 4 is 23.2 Å². The summed E-state index contributed by atoms with van der Waals surface area (Å²) in [4.78, 5) is 4.36. The molecule has 1 saturated carbocycles. The zero-order valence-electron chi connectivity index (χ0n) is 12.6. The number of rotatable bonds is 3. The molecule has 1 saturated heterocycles. The smallest absolute Gasteiger partial charge is 0.467 e. The summed E-state index contributed by atoms with van der Waals surface area (Å²) in [6, 6.07) is 0. The maximum Gasteiger partial charge on any atom is 0.507 e. The molecule has 20 heavy (non-hydrogen) atoms. The molecule has 1 aliphatic carbocycles. The predicted octanol–water partition coefficient (Wildman–Crippen LogP) is 2.76. The highest BCUT2D eigenvalue weighted by atomic mass is 32.1. The van der Waals surface area contributed by atoms with Gasteiger partial charge in [0.15, 0.2) is 0 Å². The lowest BCUT2D eigenvalue weighted by atomic mass is 9.89. The van der Waals surface area contributed by atoms with E-state index < -0.39 is 0 Å². The number of nitrogens with zero attached hydrogens (tertiary/aromatic N) is 1. The molecule has 0 unspecified atom stereocenters. The van der Waals surface area contributed by atoms with E-state index in [4.69, 9.17) is 14.0 Å². The van der Waals surface area contributed by atoms with Crippen LogP contribution >= 0.6 is 11.3 Å². The molecule has 2 fully saturated rings. The molecule has 0 atom stereocenters. The largest absolute Gasteiger partial charge is 0.507 e. The van der Waals surface area contributed by atoms with Crippen molar-refractivity contribution in [2.45, 2.75) is 70.7 Å². The van der Waals surface area contributed by atoms with Gasteiger partial charge in [0.2, 0.25) is 0 Å². The fourth-order valence-corrected chi connectivity index (χ4v) is 3.33. The van der Waals surface area contributed by atoms with Crippen molar-refractivity contribution in [3.8, 4) is 5.19 Å². The lowest BCUT2D eigenvalue weighted by Gasteiger charge is -2.32. The summed E-state index contributed by atoms with van der Waals surface area (Å²) in [5.74, 6) is 0. The zero-order valence-corrected chi connectivity index (χ0v) is 13.5. The molecular weight excluding hydrogens is 273 g/mol. The highest BCUT2D eigenvalue weighted by Crippen LogP contribution is 2.37. The number of aromatic nitrogens is 1. The third kappa shape index (κ3) is 2.61. The van der Waals surface area contributed by atoms with Gasteiger partial charge in [-0.3, -0.25) is 0 Å². The van der Waals surface area contributed by atoms with Crippen molar-refractivity contribution in [2.75, 3.05) is 0 Å². The third-order valence-corrected chi connectivity index (χ3v) is 5.47. The maximum atomic E-state index is 6.03. The topological polar surface area (TPSA) is 40.6 Å². The van der Waals surface area contributed by atoms with Gasteiger partial charge < -0.3 is 14.0 Å². The van der Waals surface area contributed by atoms with Crippen LogP contribution in [0.5, 0.6) is 5.19 Å². The van der Waals surface area contributed by atoms with E-state index in [0.29, 0.717) is 6.10 Å². The Kier molecular flexibility index (Phi) is 3.59. The van der Waals surface area contributed by atoms with Gasteiger partial charge in [-0.25, -0.2) is 4.98 Å². The number of thiazole rings is 1. The van der Waals surface area contributed by atoms with Crippen LogP contribution in [0.3, 0.4) is 0 Å². The fraction of sp³-hybridized carbons (Fsp3) is 0.786. The Morgan fingerprint density at radius 2 is 1.80 bits per heavy atom. The van der Waals surface area contributed by atoms with Crippen molar-refractivity contribution in [1.29, 1.82) is 0 Å². The molecule has 110 valence electrons. The molecule has 0 radical (unpaired) electrons. The van der Waals surface area contributed by atoms with E-state index in [1.165, 1.54) is 24.2 Å². The lowest BCUT2D eigenvalue weighted by Crippen LogP contribution is -2.41. The monoisotopic (exact) mass is 295 g/mol. The van der Waals surface area contributed by atoms with Gasteiger partial charge in [-0.05, 0) is 53.4 Å². The summed E-state index contributed by atoms with van der Waals surface area (Å²) in [5.41, 5.74) is -0.623. The Hall–Kier alpha value is -0.585. The van der Waals surface area contributed by atoms with Gasteiger partial charge in [0.05, 0.1) is 16.0 Å². The summed E-state index contributed by atoms with van der Waals surface area (Å²) < 4.78 is 19.0. The highest BCUT2D eigenvalue weighted by molar-refractivity contribution is 7.23. The number of hydrogen-bond acceptors (Lipinski definition) is 5. The Labute approximate surface area is 125 Å². The van der Waals surface area contributed by atoms with Crippen LogP contribution in [-0.2, 0) is 9.31 Å². The van der Waals surface area contributed by atoms with Crippen molar-refractivity contribution < 1.29 is 14.0 Å². The standard InChI is InChI=1S/C14H22BNO3S/c1-13(2)14(3,4)19-15(18-13)11-9-16-12(20-11)17-10-7-5-6-8-10/h9-10H,5-8H2,1-4H3. The van der Waals surface area contributed by atoms with Crippen LogP contribution in [0, 0.1) is 0 Å². The minimum absolute atomic E-state index is 0.311. The van der Waals surface area contributed by atoms with E-state index in [9.17, 15) is 0 Å². The van der Waals surface area contributed by atoms with Gasteiger partial charge in [0.25, 0.3) is 5.19 Å². The fourth-order valence-electron chi connectivity index (χ4n) is 2.54. The molecule has 4 nitrogen and oxygen atoms in total. The number of ether oxygens (including phenoxy) is 1. The van der Waals surface area contributed by atoms with Gasteiger partial charge in [0, 0.05) is 6.20 Å². The Morgan fingerprint density at radius 3 is 2.40 bits per heavy atom. The molecule has 1 aromatic heterocycles. The van der Waals surface area contributed by atoms with Crippen molar-refractivity contribution in [3.05, 3.63) is 6.20 Å². The third-order valence-electron chi connectivity index (χ3n) is 4.56. The first-order valence-corrected chi connectivity index (χ1v) is 8.17. The molecular formula is C14H22BNO3S. The Bertz CT molecular complexity index is 467. The molecule has 6 heteroatoms. The second kappa shape index (κ2) is 5.00. The molecule has 1 aliphatic heterocycles. The second-order valence-electron chi connectivity index (χ2n) is 6.64. The minimum Gasteiger partial charge on any atom is -0.467 e. The van der Waals surface area contributed by atoms with Gasteiger partial charge in [-0.1, -0.05) is 11.3 Å². The molecule has 2 aliphatic rings. The molecule has 0 spiro atoms. The van der Waals surface area contributed by atoms with Gasteiger partial charge in [-0.15, -0.1) is 0 Å². The first kappa shape index (κ1) is 14.4. The minimum atomic E-state index is -0.335. The second-order valence-corrected chi connectivity index (χ2v) is 7.67. The predicted molar refractivity (Wildman–Crippen MR) is 80.7 cm³/mol. The first-order chi connectivity index (χ1) is 9.37. The van der Waals surface area contributed by atoms with E-state index in [-0.39, 0.29) is 18.3 Å². The van der Waals surface area contributed by atoms with Gasteiger partial charge >= 0.3 is 7.12 Å². The molecule has 3 rings (SSSR count). The van der Waals surface area contributed by atoms with Crippen LogP contribution in [0.4, 0.5) is 0 Å². The van der Waals surface area contributed by atoms with Gasteiger partial charge in [0.1, 0.15) is 6.10 Å². The van der Waals surface area contributed by atoms with E-state index in [2.05, 4.69) is 32.7 Å². The summed E-state index contributed by atoms with van der Waals surface area (Å²) in [6.07, 6.45) is 6.97. The molecule has 0 amide bonds. The van der Waals surface area contributed by atoms with Crippen LogP contribution in [0.2, 0.25) is 0 Å². The van der Waals surface area contributed by atoms with Crippen LogP contribution in [0.15, 0.2) is 6.20 Å². The maximum absolute atomic E-state index is 6.03. The highest BCUT2D eigenvalue weighted by Gasteiger charge is 2.52. The quantitative estimate of drug-likeness (QED) is 0.804. The normalized spacial score (nSPS) is 25.3. The average Bonchev–Trinajstić information content (AvgIpc) is 3.02. The van der Waals surface area contributed by atoms with Crippen LogP contribution < -0.4 is 9.51 Å². The molecule has 0 bridgehead atoms. The lowest BCUT2D eigenvalue weighted by molar-refractivity contribution is 0.00578. The summed E-state index contributed by atoms with van der Waals surface area (Å²) in [5, 5.41) is 0.738. The van der Waals surface area contributed by atoms with Crippen LogP contribution in [0.25, 0.3) is 0 Å². The molecule has 1 aromatic rings. The van der Waals surface area contributed by atoms with Crippen molar-refractivity contribution in [3.63, 3.8) is 0 Å². The van der Waals surface area contributed by atoms with Crippen molar-refractivity contribution in [2.24, 2.45) is 0 Å². The molecule has 2 heterocycles. The van der Waals surface area contributed by atoms with Gasteiger partial charge in [-0.2, -0.15) is 0 Å². The zero-order chi connectivity index (χ0) is 14.4. The van der Waals surface area contributed by atoms with Crippen LogP contribution in [0.1, 0.15) is 53.4 Å². The summed E-state index contributed by atoms with van der Waals surface area (Å²) in [6.45, 7) is 8.24. The van der Waals surface area contributed by atoms with E-state index in [0.717, 1.165) is 22.8 Å². The first-order valence-electron chi connectivity index (χ1n) is 7.35. The van der Waals surface area contributed by atoms with Crippen molar-refractivity contribution in [1.82, 2.24) is 4.98 Å². The summed E-state index contributed by atoms with van der Waals surface area (Å²) >= 11 is 1.54. The Balaban J connectivity index is 1.68. The van der Waals surface area contributed by atoms with E-state index in [1.807, 2.05) is 6.20 Å². The van der Waals surface area contributed by atoms with E-state index >= 15 is 0 Å². The van der Waals surface area contributed by atoms with E-state index in [1.54, 1.807) is 0 Å². The average molecular weight is 295 g/mol. The SMILES string of the molecule is CC1(C)OB(c2cnc(OC3CCCC3)s2)OC1(C)C. The summed E-state index contributed by atoms with van der Waals surface area (Å²) in [7, 11) is -0.335.